The van der Waals surface area contributed by atoms with Crippen molar-refractivity contribution in [2.45, 2.75) is 6.17 Å². The average Bonchev–Trinajstić information content (AvgIpc) is 1.89. The Bertz CT molecular complexity index is 108. The SMILES string of the molecule is NCC(NCCO)[N+](=O)[O-]. The number of hydrogen-bond donors (Lipinski definition) is 3. The standard InChI is InChI=1S/C4H11N3O3/c5-3-4(7(9)10)6-1-2-8/h4,6,8H,1-3,5H2. The van der Waals surface area contributed by atoms with Gasteiger partial charge in [-0.15, -0.1) is 0 Å². The van der Waals surface area contributed by atoms with Crippen molar-refractivity contribution in [2.75, 3.05) is 19.7 Å². The van der Waals surface area contributed by atoms with E-state index in [0.717, 1.165) is 0 Å². The molecule has 0 spiro atoms. The van der Waals surface area contributed by atoms with Crippen LogP contribution in [0.25, 0.3) is 0 Å². The van der Waals surface area contributed by atoms with Crippen molar-refractivity contribution >= 4 is 0 Å². The highest BCUT2D eigenvalue weighted by molar-refractivity contribution is 4.52. The predicted molar refractivity (Wildman–Crippen MR) is 34.9 cm³/mol. The molecule has 0 aliphatic rings. The van der Waals surface area contributed by atoms with E-state index in [4.69, 9.17) is 10.8 Å². The molecule has 60 valence electrons. The van der Waals surface area contributed by atoms with Crippen molar-refractivity contribution in [3.63, 3.8) is 0 Å². The minimum atomic E-state index is -0.938. The van der Waals surface area contributed by atoms with Crippen molar-refractivity contribution in [1.29, 1.82) is 0 Å². The Hall–Kier alpha value is -0.720. The molecule has 0 rings (SSSR count). The molecule has 0 fully saturated rings. The van der Waals surface area contributed by atoms with Crippen molar-refractivity contribution < 1.29 is 10.0 Å². The van der Waals surface area contributed by atoms with Crippen molar-refractivity contribution in [3.8, 4) is 0 Å². The van der Waals surface area contributed by atoms with Crippen molar-refractivity contribution in [1.82, 2.24) is 5.32 Å². The maximum absolute atomic E-state index is 10.0. The average molecular weight is 149 g/mol. The number of aliphatic hydroxyl groups is 1. The van der Waals surface area contributed by atoms with E-state index in [1.165, 1.54) is 0 Å². The van der Waals surface area contributed by atoms with Crippen LogP contribution in [0.5, 0.6) is 0 Å². The first-order valence-corrected chi connectivity index (χ1v) is 2.90. The van der Waals surface area contributed by atoms with Crippen LogP contribution < -0.4 is 11.1 Å². The molecule has 0 aliphatic heterocycles. The van der Waals surface area contributed by atoms with Crippen LogP contribution in [0.3, 0.4) is 0 Å². The van der Waals surface area contributed by atoms with E-state index in [0.29, 0.717) is 0 Å². The lowest BCUT2D eigenvalue weighted by Gasteiger charge is -2.06. The fourth-order valence-corrected chi connectivity index (χ4v) is 0.475. The first-order chi connectivity index (χ1) is 4.72. The molecule has 0 aliphatic carbocycles. The van der Waals surface area contributed by atoms with Gasteiger partial charge < -0.3 is 10.8 Å². The molecule has 6 heteroatoms. The second-order valence-electron chi connectivity index (χ2n) is 1.71. The van der Waals surface area contributed by atoms with Gasteiger partial charge in [-0.2, -0.15) is 0 Å². The minimum absolute atomic E-state index is 0.0625. The van der Waals surface area contributed by atoms with Crippen LogP contribution in [-0.4, -0.2) is 35.9 Å². The first kappa shape index (κ1) is 9.28. The van der Waals surface area contributed by atoms with Crippen LogP contribution in [0.1, 0.15) is 0 Å². The van der Waals surface area contributed by atoms with Gasteiger partial charge in [-0.25, -0.2) is 0 Å². The summed E-state index contributed by atoms with van der Waals surface area (Å²) in [7, 11) is 0. The summed E-state index contributed by atoms with van der Waals surface area (Å²) in [4.78, 5) is 9.50. The number of hydrogen-bond acceptors (Lipinski definition) is 5. The van der Waals surface area contributed by atoms with Gasteiger partial charge in [0, 0.05) is 11.5 Å². The summed E-state index contributed by atoms with van der Waals surface area (Å²) in [6.07, 6.45) is -0.938. The van der Waals surface area contributed by atoms with E-state index in [2.05, 4.69) is 5.32 Å². The van der Waals surface area contributed by atoms with Gasteiger partial charge in [0.15, 0.2) is 0 Å². The van der Waals surface area contributed by atoms with Gasteiger partial charge in [-0.05, 0) is 0 Å². The van der Waals surface area contributed by atoms with Gasteiger partial charge in [-0.1, -0.05) is 0 Å². The zero-order chi connectivity index (χ0) is 7.98. The molecular formula is C4H11N3O3. The largest absolute Gasteiger partial charge is 0.395 e. The highest BCUT2D eigenvalue weighted by atomic mass is 16.6. The molecule has 0 bridgehead atoms. The van der Waals surface area contributed by atoms with E-state index in [-0.39, 0.29) is 19.7 Å². The molecule has 0 radical (unpaired) electrons. The van der Waals surface area contributed by atoms with Crippen LogP contribution in [0.2, 0.25) is 0 Å². The maximum Gasteiger partial charge on any atom is 0.278 e. The normalized spacial score (nSPS) is 13.0. The molecule has 1 unspecified atom stereocenters. The Morgan fingerprint density at radius 2 is 2.40 bits per heavy atom. The van der Waals surface area contributed by atoms with E-state index in [1.807, 2.05) is 0 Å². The molecule has 0 saturated heterocycles. The van der Waals surface area contributed by atoms with Gasteiger partial charge in [0.2, 0.25) is 0 Å². The number of aliphatic hydroxyl groups excluding tert-OH is 1. The van der Waals surface area contributed by atoms with Crippen LogP contribution in [0.4, 0.5) is 0 Å². The monoisotopic (exact) mass is 149 g/mol. The van der Waals surface area contributed by atoms with Crippen LogP contribution >= 0.6 is 0 Å². The van der Waals surface area contributed by atoms with E-state index in [9.17, 15) is 10.1 Å². The van der Waals surface area contributed by atoms with Gasteiger partial charge in [0.1, 0.15) is 0 Å². The third-order valence-electron chi connectivity index (χ3n) is 0.970. The van der Waals surface area contributed by atoms with E-state index < -0.39 is 11.1 Å². The van der Waals surface area contributed by atoms with Gasteiger partial charge in [0.05, 0.1) is 13.2 Å². The summed E-state index contributed by atoms with van der Waals surface area (Å²) >= 11 is 0. The molecule has 0 saturated carbocycles. The van der Waals surface area contributed by atoms with Crippen LogP contribution in [-0.2, 0) is 0 Å². The van der Waals surface area contributed by atoms with Crippen LogP contribution in [0, 0.1) is 10.1 Å². The molecule has 1 atom stereocenters. The topological polar surface area (TPSA) is 101 Å². The fourth-order valence-electron chi connectivity index (χ4n) is 0.475. The smallest absolute Gasteiger partial charge is 0.278 e. The van der Waals surface area contributed by atoms with E-state index in [1.54, 1.807) is 0 Å². The lowest BCUT2D eigenvalue weighted by Crippen LogP contribution is -2.43. The Labute approximate surface area is 58.2 Å². The molecule has 4 N–H and O–H groups in total. The number of rotatable bonds is 5. The molecular weight excluding hydrogens is 138 g/mol. The Morgan fingerprint density at radius 1 is 1.80 bits per heavy atom. The van der Waals surface area contributed by atoms with Gasteiger partial charge in [0.25, 0.3) is 6.17 Å². The third kappa shape index (κ3) is 3.33. The number of nitro groups is 1. The van der Waals surface area contributed by atoms with Gasteiger partial charge >= 0.3 is 0 Å². The lowest BCUT2D eigenvalue weighted by atomic mass is 10.5. The summed E-state index contributed by atoms with van der Waals surface area (Å²) < 4.78 is 0. The predicted octanol–water partition coefficient (Wildman–Crippen LogP) is -1.87. The fraction of sp³-hybridized carbons (Fsp3) is 1.00. The zero-order valence-electron chi connectivity index (χ0n) is 5.49. The highest BCUT2D eigenvalue weighted by Gasteiger charge is 2.14. The lowest BCUT2D eigenvalue weighted by molar-refractivity contribution is -0.526. The number of nitrogens with zero attached hydrogens (tertiary/aromatic N) is 1. The summed E-state index contributed by atoms with van der Waals surface area (Å²) in [5.41, 5.74) is 5.03. The Kier molecular flexibility index (Phi) is 4.73. The molecule has 0 aromatic carbocycles. The summed E-state index contributed by atoms with van der Waals surface area (Å²) in [6, 6.07) is 0. The van der Waals surface area contributed by atoms with Crippen LogP contribution in [0.15, 0.2) is 0 Å². The summed E-state index contributed by atoms with van der Waals surface area (Å²) in [5.74, 6) is 0. The Balaban J connectivity index is 3.50. The zero-order valence-corrected chi connectivity index (χ0v) is 5.49. The number of nitrogens with two attached hydrogens (primary N) is 1. The second-order valence-corrected chi connectivity index (χ2v) is 1.71. The Morgan fingerprint density at radius 3 is 2.70 bits per heavy atom. The van der Waals surface area contributed by atoms with Crippen molar-refractivity contribution in [3.05, 3.63) is 10.1 Å². The maximum atomic E-state index is 10.0. The second kappa shape index (κ2) is 5.10. The summed E-state index contributed by atoms with van der Waals surface area (Å²) in [5, 5.41) is 20.7. The molecule has 10 heavy (non-hydrogen) atoms. The molecule has 0 aromatic heterocycles. The molecule has 0 aromatic rings. The van der Waals surface area contributed by atoms with Gasteiger partial charge in [-0.3, -0.25) is 15.4 Å². The number of nitrogens with one attached hydrogen (secondary N) is 1. The third-order valence-corrected chi connectivity index (χ3v) is 0.970. The van der Waals surface area contributed by atoms with E-state index >= 15 is 0 Å². The quantitative estimate of drug-likeness (QED) is 0.241. The first-order valence-electron chi connectivity index (χ1n) is 2.90. The minimum Gasteiger partial charge on any atom is -0.395 e. The highest BCUT2D eigenvalue weighted by Crippen LogP contribution is 1.79. The molecule has 0 heterocycles. The van der Waals surface area contributed by atoms with Crippen molar-refractivity contribution in [2.24, 2.45) is 5.73 Å². The summed E-state index contributed by atoms with van der Waals surface area (Å²) in [6.45, 7) is 0.0141. The molecule has 6 nitrogen and oxygen atoms in total. The molecule has 0 amide bonds.